The van der Waals surface area contributed by atoms with Crippen molar-refractivity contribution in [3.63, 3.8) is 0 Å². The average Bonchev–Trinajstić information content (AvgIpc) is 0.779. The third-order valence-corrected chi connectivity index (χ3v) is 23.4. The van der Waals surface area contributed by atoms with Crippen molar-refractivity contribution >= 4 is 49.5 Å². The zero-order chi connectivity index (χ0) is 85.0. The third kappa shape index (κ3) is 65.1. The van der Waals surface area contributed by atoms with Crippen molar-refractivity contribution in [3.05, 3.63) is 0 Å². The lowest BCUT2D eigenvalue weighted by Crippen LogP contribution is -2.66. The molecule has 1 rings (SSSR count). The molecule has 682 valence electrons. The molecule has 0 saturated carbocycles. The van der Waals surface area contributed by atoms with Crippen molar-refractivity contribution in [1.29, 1.82) is 0 Å². The van der Waals surface area contributed by atoms with Gasteiger partial charge in [0.25, 0.3) is 0 Å². The van der Waals surface area contributed by atoms with Crippen LogP contribution in [0.4, 0.5) is 0 Å². The highest BCUT2D eigenvalue weighted by molar-refractivity contribution is 7.46. The smallest absolute Gasteiger partial charge is 0.467 e. The van der Waals surface area contributed by atoms with Gasteiger partial charge >= 0.3 is 37.7 Å². The van der Waals surface area contributed by atoms with Gasteiger partial charge in [-0.25, -0.2) is 9.36 Å². The van der Waals surface area contributed by atoms with E-state index >= 15 is 4.79 Å². The Balaban J connectivity index is 3.87. The fraction of sp³-hybridized carbons (Fsp3) is 0.926. The lowest BCUT2D eigenvalue weighted by molar-refractivity contribution is -0.272. The molecule has 5 N–H and O–H groups in total. The van der Waals surface area contributed by atoms with Gasteiger partial charge in [-0.3, -0.25) is 33.3 Å². The summed E-state index contributed by atoms with van der Waals surface area (Å²) in [5, 5.41) is 16.7. The monoisotopic (exact) mass is 1670 g/mol. The minimum absolute atomic E-state index is 0.137. The van der Waals surface area contributed by atoms with Gasteiger partial charge < -0.3 is 58.7 Å². The topological polar surface area (TPSA) is 295 Å². The molecule has 116 heavy (non-hydrogen) atoms. The van der Waals surface area contributed by atoms with E-state index in [2.05, 4.69) is 52.2 Å². The number of rotatable bonds is 85. The zero-order valence-corrected chi connectivity index (χ0v) is 76.1. The number of carbonyl (C=O) groups excluding carboxylic acids is 7. The molecule has 9 atom stereocenters. The summed E-state index contributed by atoms with van der Waals surface area (Å²) in [4.78, 5) is 121. The first-order valence-electron chi connectivity index (χ1n) is 48.4. The number of phosphoric acid groups is 1. The van der Waals surface area contributed by atoms with Crippen LogP contribution in [0.15, 0.2) is 0 Å². The number of phosphoric ester groups is 1. The summed E-state index contributed by atoms with van der Waals surface area (Å²) in [5.74, 6) is -4.70. The van der Waals surface area contributed by atoms with E-state index in [1.54, 1.807) is 0 Å². The van der Waals surface area contributed by atoms with Crippen LogP contribution in [0.25, 0.3) is 0 Å². The summed E-state index contributed by atoms with van der Waals surface area (Å²) in [6, 6.07) is -3.33. The lowest BCUT2D eigenvalue weighted by atomic mass is 9.95. The van der Waals surface area contributed by atoms with Crippen LogP contribution >= 0.6 is 7.82 Å². The number of amides is 2. The number of aliphatic hydroxyl groups excluding tert-OH is 1. The van der Waals surface area contributed by atoms with Crippen molar-refractivity contribution in [3.8, 4) is 0 Å². The molecule has 0 unspecified atom stereocenters. The van der Waals surface area contributed by atoms with Crippen LogP contribution < -0.4 is 10.6 Å². The maximum Gasteiger partial charge on any atom is 0.470 e. The molecular formula is C94H177N2O19P. The predicted molar refractivity (Wildman–Crippen MR) is 467 cm³/mol. The van der Waals surface area contributed by atoms with E-state index in [0.717, 1.165) is 180 Å². The van der Waals surface area contributed by atoms with E-state index in [9.17, 15) is 48.2 Å². The van der Waals surface area contributed by atoms with E-state index in [4.69, 9.17) is 37.7 Å². The molecule has 1 heterocycles. The first kappa shape index (κ1) is 110. The normalized spacial score (nSPS) is 16.7. The van der Waals surface area contributed by atoms with Crippen LogP contribution in [-0.2, 0) is 75.8 Å². The van der Waals surface area contributed by atoms with Gasteiger partial charge in [-0.05, 0) is 57.8 Å². The van der Waals surface area contributed by atoms with Crippen LogP contribution in [-0.4, -0.2) is 132 Å². The number of carbonyl (C=O) groups is 7. The summed E-state index contributed by atoms with van der Waals surface area (Å²) in [5.41, 5.74) is 0. The van der Waals surface area contributed by atoms with Gasteiger partial charge in [-0.2, -0.15) is 0 Å². The molecule has 0 radical (unpaired) electrons. The van der Waals surface area contributed by atoms with Crippen LogP contribution in [0.1, 0.15) is 485 Å². The number of hydrogen-bond acceptors (Lipinski definition) is 17. The Hall–Kier alpha value is -3.72. The Labute approximate surface area is 707 Å². The van der Waals surface area contributed by atoms with Crippen molar-refractivity contribution in [2.45, 2.75) is 540 Å². The highest BCUT2D eigenvalue weighted by Crippen LogP contribution is 2.43. The highest BCUT2D eigenvalue weighted by atomic mass is 31.2. The Bertz CT molecular complexity index is 2400. The maximum absolute atomic E-state index is 15.0. The van der Waals surface area contributed by atoms with Gasteiger partial charge in [0, 0.05) is 19.3 Å². The van der Waals surface area contributed by atoms with Crippen LogP contribution in [0, 0.1) is 0 Å². The predicted octanol–water partition coefficient (Wildman–Crippen LogP) is 24.0. The van der Waals surface area contributed by atoms with Gasteiger partial charge in [0.05, 0.1) is 39.6 Å². The number of methoxy groups -OCH3 is 1. The second-order valence-electron chi connectivity index (χ2n) is 34.0. The number of aliphatic hydroxyl groups is 1. The molecule has 0 aliphatic carbocycles. The molecule has 0 spiro atoms. The molecule has 2 amide bonds. The Morgan fingerprint density at radius 1 is 0.362 bits per heavy atom. The molecule has 1 fully saturated rings. The molecule has 0 aromatic rings. The maximum atomic E-state index is 15.0. The van der Waals surface area contributed by atoms with Gasteiger partial charge in [-0.1, -0.05) is 388 Å². The second-order valence-corrected chi connectivity index (χ2v) is 35.2. The minimum Gasteiger partial charge on any atom is -0.467 e. The van der Waals surface area contributed by atoms with Crippen molar-refractivity contribution in [2.24, 2.45) is 0 Å². The van der Waals surface area contributed by atoms with Crippen LogP contribution in [0.5, 0.6) is 0 Å². The fourth-order valence-corrected chi connectivity index (χ4v) is 16.3. The SMILES string of the molecule is CCCCCCCCCCCCCC(=O)O[C@H](CCCCCCCCCCC)CC(=O)N[C@H]1[C@H](OC[C@H](NC(=O)C[C@@H](CCCCCCCCCCC)OC(=O)CCCCCCCCCCCCC)C(=O)OC)O[C@H](CO)[C@@H](OP(=O)(O)O)[C@@H]1OC(=O)C[C@@H](CCCCCCCCCCC)OC(=O)CCCCCCCCCCCCC. The van der Waals surface area contributed by atoms with Gasteiger partial charge in [0.1, 0.15) is 36.6 Å². The third-order valence-electron chi connectivity index (χ3n) is 22.9. The number of hydrogen-bond donors (Lipinski definition) is 5. The molecule has 21 nitrogen and oxygen atoms in total. The van der Waals surface area contributed by atoms with Gasteiger partial charge in [0.15, 0.2) is 18.4 Å². The molecule has 22 heteroatoms. The zero-order valence-electron chi connectivity index (χ0n) is 75.2. The Morgan fingerprint density at radius 3 is 0.922 bits per heavy atom. The van der Waals surface area contributed by atoms with Gasteiger partial charge in [0.2, 0.25) is 11.8 Å². The molecule has 0 bridgehead atoms. The van der Waals surface area contributed by atoms with E-state index in [-0.39, 0.29) is 25.7 Å². The van der Waals surface area contributed by atoms with Gasteiger partial charge in [-0.15, -0.1) is 0 Å². The summed E-state index contributed by atoms with van der Waals surface area (Å²) < 4.78 is 61.1. The van der Waals surface area contributed by atoms with E-state index in [0.29, 0.717) is 57.8 Å². The van der Waals surface area contributed by atoms with Crippen molar-refractivity contribution in [2.75, 3.05) is 20.3 Å². The number of ether oxygens (including phenoxy) is 7. The quantitative estimate of drug-likeness (QED) is 0.0164. The van der Waals surface area contributed by atoms with E-state index in [1.807, 2.05) is 0 Å². The standard InChI is InChI=1S/C94H177N2O19P/c1-8-14-20-26-32-38-41-47-53-59-65-71-86(100)110-79(68-62-56-50-44-35-29-23-17-11-4)74-84(98)95-82(93(104)108-7)78-109-94-90(96-85(99)75-80(69-63-57-51-45-36-30-24-18-12-5)111-87(101)72-66-60-54-48-42-39-33-27-21-15-9-2)92(91(83(77-97)113-94)115-116(105,106)107)114-89(103)76-81(70-64-58-52-46-37-31-25-19-13-6)112-88(102)73-67-61-55-49-43-40-34-28-22-16-10-3/h79-83,90-92,94,97H,8-78H2,1-7H3,(H,95,98)(H,96,99)(H2,105,106,107)/t79-,80-,81-,82+,83-,90-,91-,92-,94-/m1/s1. The largest absolute Gasteiger partial charge is 0.470 e. The van der Waals surface area contributed by atoms with Crippen LogP contribution in [0.3, 0.4) is 0 Å². The van der Waals surface area contributed by atoms with Crippen LogP contribution in [0.2, 0.25) is 0 Å². The first-order valence-corrected chi connectivity index (χ1v) is 50.0. The lowest BCUT2D eigenvalue weighted by Gasteiger charge is -2.45. The molecule has 0 aromatic heterocycles. The molecular weight excluding hydrogens is 1490 g/mol. The summed E-state index contributed by atoms with van der Waals surface area (Å²) in [6.45, 7) is 11.5. The Kier molecular flexibility index (Phi) is 74.7. The molecule has 1 aliphatic heterocycles. The summed E-state index contributed by atoms with van der Waals surface area (Å²) >= 11 is 0. The Morgan fingerprint density at radius 2 is 0.638 bits per heavy atom. The minimum atomic E-state index is -5.57. The molecule has 1 aliphatic rings. The summed E-state index contributed by atoms with van der Waals surface area (Å²) in [6.07, 6.45) is 54.7. The number of esters is 5. The summed E-state index contributed by atoms with van der Waals surface area (Å²) in [7, 11) is -4.44. The fourth-order valence-electron chi connectivity index (χ4n) is 15.8. The van der Waals surface area contributed by atoms with E-state index in [1.165, 1.54) is 173 Å². The molecule has 0 aromatic carbocycles. The van der Waals surface area contributed by atoms with E-state index < -0.39 is 131 Å². The molecule has 1 saturated heterocycles. The highest BCUT2D eigenvalue weighted by Gasteiger charge is 2.53. The van der Waals surface area contributed by atoms with Crippen molar-refractivity contribution in [1.82, 2.24) is 10.6 Å². The average molecular weight is 1670 g/mol. The number of nitrogens with one attached hydrogen (secondary N) is 2. The first-order chi connectivity index (χ1) is 56.4. The second kappa shape index (κ2) is 78.5. The van der Waals surface area contributed by atoms with Crippen molar-refractivity contribution < 1.29 is 90.7 Å². The number of unbranched alkanes of at least 4 members (excludes halogenated alkanes) is 54.